The number of aliphatic hydroxyl groups excluding tert-OH is 1. The van der Waals surface area contributed by atoms with Gasteiger partial charge in [-0.05, 0) is 56.5 Å². The van der Waals surface area contributed by atoms with Crippen LogP contribution in [0.15, 0.2) is 48.5 Å². The van der Waals surface area contributed by atoms with E-state index in [1.54, 1.807) is 20.8 Å². The summed E-state index contributed by atoms with van der Waals surface area (Å²) in [4.78, 5) is 12.0. The van der Waals surface area contributed by atoms with E-state index in [4.69, 9.17) is 9.47 Å². The zero-order valence-electron chi connectivity index (χ0n) is 15.8. The lowest BCUT2D eigenvalue weighted by Crippen LogP contribution is -2.36. The predicted molar refractivity (Wildman–Crippen MR) is 101 cm³/mol. The lowest BCUT2D eigenvalue weighted by molar-refractivity contribution is 0.0481. The molecule has 0 aliphatic rings. The van der Waals surface area contributed by atoms with Crippen LogP contribution in [0.2, 0.25) is 0 Å². The predicted octanol–water partition coefficient (Wildman–Crippen LogP) is 4.13. The number of hydrogen-bond acceptors (Lipinski definition) is 4. The quantitative estimate of drug-likeness (QED) is 0.816. The van der Waals surface area contributed by atoms with Crippen molar-refractivity contribution >= 4 is 6.09 Å². The molecule has 0 heterocycles. The first-order chi connectivity index (χ1) is 12.3. The Morgan fingerprint density at radius 3 is 2.42 bits per heavy atom. The largest absolute Gasteiger partial charge is 0.489 e. The van der Waals surface area contributed by atoms with Gasteiger partial charge in [0.1, 0.15) is 18.0 Å². The van der Waals surface area contributed by atoms with Crippen LogP contribution >= 0.6 is 0 Å². The fraction of sp³-hybridized carbons (Fsp3) is 0.381. The van der Waals surface area contributed by atoms with Crippen molar-refractivity contribution in [3.05, 3.63) is 65.2 Å². The number of benzene rings is 2. The molecular weight excluding hydrogens is 330 g/mol. The third kappa shape index (κ3) is 6.08. The number of carbonyl (C=O) groups excluding carboxylic acids is 1. The number of alkyl carbamates (subject to hydrolysis) is 1. The second kappa shape index (κ2) is 8.72. The molecule has 2 aromatic rings. The molecule has 0 spiro atoms. The van der Waals surface area contributed by atoms with Gasteiger partial charge in [-0.3, -0.25) is 0 Å². The minimum absolute atomic E-state index is 0.218. The first-order valence-corrected chi connectivity index (χ1v) is 8.66. The SMILES string of the molecule is Cc1cc(OCc2ccccc2)ccc1[C@H](CO)NC(=O)OC(C)(C)C. The Labute approximate surface area is 155 Å². The Balaban J connectivity index is 2.03. The molecule has 26 heavy (non-hydrogen) atoms. The van der Waals surface area contributed by atoms with Crippen LogP contribution in [-0.4, -0.2) is 23.4 Å². The van der Waals surface area contributed by atoms with Crippen LogP contribution in [0.25, 0.3) is 0 Å². The molecule has 0 saturated heterocycles. The highest BCUT2D eigenvalue weighted by molar-refractivity contribution is 5.68. The molecule has 1 amide bonds. The summed E-state index contributed by atoms with van der Waals surface area (Å²) in [6.07, 6.45) is -0.555. The smallest absolute Gasteiger partial charge is 0.408 e. The summed E-state index contributed by atoms with van der Waals surface area (Å²) in [5.74, 6) is 0.740. The molecule has 2 aromatic carbocycles. The lowest BCUT2D eigenvalue weighted by atomic mass is 10.0. The van der Waals surface area contributed by atoms with Crippen molar-refractivity contribution in [1.29, 1.82) is 0 Å². The van der Waals surface area contributed by atoms with Gasteiger partial charge in [-0.15, -0.1) is 0 Å². The molecule has 0 radical (unpaired) electrons. The second-order valence-electron chi connectivity index (χ2n) is 7.17. The minimum atomic E-state index is -0.589. The van der Waals surface area contributed by atoms with Crippen LogP contribution in [0.4, 0.5) is 4.79 Å². The van der Waals surface area contributed by atoms with E-state index in [9.17, 15) is 9.90 Å². The number of rotatable bonds is 6. The highest BCUT2D eigenvalue weighted by Gasteiger charge is 2.21. The minimum Gasteiger partial charge on any atom is -0.489 e. The zero-order chi connectivity index (χ0) is 19.2. The van der Waals surface area contributed by atoms with E-state index in [1.165, 1.54) is 0 Å². The van der Waals surface area contributed by atoms with E-state index in [0.29, 0.717) is 6.61 Å². The van der Waals surface area contributed by atoms with Crippen LogP contribution in [-0.2, 0) is 11.3 Å². The van der Waals surface area contributed by atoms with Crippen molar-refractivity contribution in [2.24, 2.45) is 0 Å². The lowest BCUT2D eigenvalue weighted by Gasteiger charge is -2.24. The van der Waals surface area contributed by atoms with Gasteiger partial charge >= 0.3 is 6.09 Å². The van der Waals surface area contributed by atoms with Gasteiger partial charge in [0.15, 0.2) is 0 Å². The summed E-state index contributed by atoms with van der Waals surface area (Å²) < 4.78 is 11.1. The summed E-state index contributed by atoms with van der Waals surface area (Å²) in [6, 6.07) is 15.0. The zero-order valence-corrected chi connectivity index (χ0v) is 15.8. The first-order valence-electron chi connectivity index (χ1n) is 8.66. The number of ether oxygens (including phenoxy) is 2. The van der Waals surface area contributed by atoms with Crippen molar-refractivity contribution < 1.29 is 19.4 Å². The summed E-state index contributed by atoms with van der Waals surface area (Å²) in [5, 5.41) is 12.4. The molecule has 0 aliphatic carbocycles. The molecule has 2 N–H and O–H groups in total. The Kier molecular flexibility index (Phi) is 6.64. The van der Waals surface area contributed by atoms with Gasteiger partial charge < -0.3 is 19.9 Å². The van der Waals surface area contributed by atoms with Gasteiger partial charge in [-0.25, -0.2) is 4.79 Å². The van der Waals surface area contributed by atoms with Gasteiger partial charge in [0.2, 0.25) is 0 Å². The Bertz CT molecular complexity index is 723. The van der Waals surface area contributed by atoms with Gasteiger partial charge in [-0.1, -0.05) is 36.4 Å². The van der Waals surface area contributed by atoms with Crippen LogP contribution in [0.1, 0.15) is 43.5 Å². The summed E-state index contributed by atoms with van der Waals surface area (Å²) in [7, 11) is 0. The van der Waals surface area contributed by atoms with Crippen molar-refractivity contribution in [1.82, 2.24) is 5.32 Å². The Morgan fingerprint density at radius 1 is 1.15 bits per heavy atom. The summed E-state index contributed by atoms with van der Waals surface area (Å²) in [5.41, 5.74) is 2.25. The van der Waals surface area contributed by atoms with Gasteiger partial charge in [0, 0.05) is 0 Å². The average molecular weight is 357 g/mol. The number of carbonyl (C=O) groups is 1. The fourth-order valence-electron chi connectivity index (χ4n) is 2.54. The molecule has 5 nitrogen and oxygen atoms in total. The molecule has 0 bridgehead atoms. The monoisotopic (exact) mass is 357 g/mol. The Morgan fingerprint density at radius 2 is 1.85 bits per heavy atom. The standard InChI is InChI=1S/C21H27NO4/c1-15-12-17(25-14-16-8-6-5-7-9-16)10-11-18(15)19(13-23)22-20(24)26-21(2,3)4/h5-12,19,23H,13-14H2,1-4H3,(H,22,24)/t19-/m0/s1. The van der Waals surface area contributed by atoms with Crippen molar-refractivity contribution in [2.45, 2.75) is 45.9 Å². The normalized spacial score (nSPS) is 12.3. The Hall–Kier alpha value is -2.53. The summed E-state index contributed by atoms with van der Waals surface area (Å²) >= 11 is 0. The van der Waals surface area contributed by atoms with Crippen molar-refractivity contribution in [3.8, 4) is 5.75 Å². The molecule has 1 atom stereocenters. The van der Waals surface area contributed by atoms with E-state index < -0.39 is 17.7 Å². The number of aryl methyl sites for hydroxylation is 1. The number of hydrogen-bond donors (Lipinski definition) is 2. The topological polar surface area (TPSA) is 67.8 Å². The van der Waals surface area contributed by atoms with Crippen LogP contribution in [0, 0.1) is 6.92 Å². The van der Waals surface area contributed by atoms with E-state index in [-0.39, 0.29) is 6.61 Å². The molecule has 140 valence electrons. The molecule has 5 heteroatoms. The molecule has 2 rings (SSSR count). The molecule has 0 unspecified atom stereocenters. The number of aliphatic hydroxyl groups is 1. The average Bonchev–Trinajstić information content (AvgIpc) is 2.58. The molecule has 0 fully saturated rings. The van der Waals surface area contributed by atoms with E-state index in [0.717, 1.165) is 22.4 Å². The number of nitrogens with one attached hydrogen (secondary N) is 1. The van der Waals surface area contributed by atoms with Crippen LogP contribution in [0.3, 0.4) is 0 Å². The molecule has 0 saturated carbocycles. The molecular formula is C21H27NO4. The maximum absolute atomic E-state index is 12.0. The van der Waals surface area contributed by atoms with Crippen molar-refractivity contribution in [2.75, 3.05) is 6.61 Å². The van der Waals surface area contributed by atoms with E-state index in [1.807, 2.05) is 55.5 Å². The van der Waals surface area contributed by atoms with Crippen molar-refractivity contribution in [3.63, 3.8) is 0 Å². The fourth-order valence-corrected chi connectivity index (χ4v) is 2.54. The van der Waals surface area contributed by atoms with Crippen LogP contribution in [0.5, 0.6) is 5.75 Å². The second-order valence-corrected chi connectivity index (χ2v) is 7.17. The van der Waals surface area contributed by atoms with E-state index >= 15 is 0 Å². The number of amides is 1. The molecule has 0 aromatic heterocycles. The summed E-state index contributed by atoms with van der Waals surface area (Å²) in [6.45, 7) is 7.58. The van der Waals surface area contributed by atoms with Crippen LogP contribution < -0.4 is 10.1 Å². The van der Waals surface area contributed by atoms with Gasteiger partial charge in [-0.2, -0.15) is 0 Å². The highest BCUT2D eigenvalue weighted by atomic mass is 16.6. The molecule has 0 aliphatic heterocycles. The van der Waals surface area contributed by atoms with Gasteiger partial charge in [0.25, 0.3) is 0 Å². The maximum Gasteiger partial charge on any atom is 0.408 e. The maximum atomic E-state index is 12.0. The van der Waals surface area contributed by atoms with Gasteiger partial charge in [0.05, 0.1) is 12.6 Å². The van der Waals surface area contributed by atoms with E-state index in [2.05, 4.69) is 5.32 Å². The highest BCUT2D eigenvalue weighted by Crippen LogP contribution is 2.24. The third-order valence-electron chi connectivity index (χ3n) is 3.74. The first kappa shape index (κ1) is 19.8. The third-order valence-corrected chi connectivity index (χ3v) is 3.74.